The van der Waals surface area contributed by atoms with E-state index in [1.807, 2.05) is 0 Å². The van der Waals surface area contributed by atoms with Crippen molar-refractivity contribution in [2.24, 2.45) is 5.84 Å². The second-order valence-corrected chi connectivity index (χ2v) is 5.09. The largest absolute Gasteiger partial charge is 0.482 e. The zero-order valence-corrected chi connectivity index (χ0v) is 12.3. The Morgan fingerprint density at radius 2 is 2.15 bits per heavy atom. The average Bonchev–Trinajstić information content (AvgIpc) is 2.42. The predicted octanol–water partition coefficient (Wildman–Crippen LogP) is 2.99. The number of pyridine rings is 1. The number of ether oxygens (including phenoxy) is 1. The van der Waals surface area contributed by atoms with Crippen LogP contribution in [0.5, 0.6) is 5.75 Å². The number of halogens is 2. The van der Waals surface area contributed by atoms with Crippen LogP contribution >= 0.6 is 15.9 Å². The number of nitrogens with two attached hydrogens (primary N) is 2. The third-order valence-electron chi connectivity index (χ3n) is 2.76. The molecule has 0 saturated carbocycles. The van der Waals surface area contributed by atoms with Crippen LogP contribution in [0.3, 0.4) is 0 Å². The van der Waals surface area contributed by atoms with E-state index in [2.05, 4.69) is 26.3 Å². The Labute approximate surface area is 124 Å². The van der Waals surface area contributed by atoms with E-state index in [0.717, 1.165) is 4.47 Å². The van der Waals surface area contributed by atoms with Gasteiger partial charge in [0.05, 0.1) is 5.69 Å². The van der Waals surface area contributed by atoms with Gasteiger partial charge in [0.15, 0.2) is 11.6 Å². The average molecular weight is 341 g/mol. The molecule has 1 atom stereocenters. The fourth-order valence-corrected chi connectivity index (χ4v) is 2.09. The SMILES string of the molecule is CC(Oc1cc(Br)cnc1N)c1cc(F)ccc1NN. The molecule has 7 heteroatoms. The van der Waals surface area contributed by atoms with Crippen LogP contribution in [0.2, 0.25) is 0 Å². The Kier molecular flexibility index (Phi) is 4.41. The van der Waals surface area contributed by atoms with Gasteiger partial charge >= 0.3 is 0 Å². The molecule has 1 aromatic heterocycles. The molecule has 106 valence electrons. The van der Waals surface area contributed by atoms with Crippen LogP contribution in [0.4, 0.5) is 15.9 Å². The quantitative estimate of drug-likeness (QED) is 0.588. The number of nitrogens with one attached hydrogen (secondary N) is 1. The molecule has 1 heterocycles. The maximum Gasteiger partial charge on any atom is 0.166 e. The smallest absolute Gasteiger partial charge is 0.166 e. The molecule has 0 aliphatic rings. The van der Waals surface area contributed by atoms with E-state index in [9.17, 15) is 4.39 Å². The van der Waals surface area contributed by atoms with Crippen LogP contribution in [-0.4, -0.2) is 4.98 Å². The number of hydrazine groups is 1. The van der Waals surface area contributed by atoms with E-state index in [0.29, 0.717) is 17.0 Å². The van der Waals surface area contributed by atoms with Gasteiger partial charge in [-0.25, -0.2) is 9.37 Å². The lowest BCUT2D eigenvalue weighted by Gasteiger charge is -2.19. The molecule has 0 aliphatic heterocycles. The first-order valence-corrected chi connectivity index (χ1v) is 6.64. The standard InChI is InChI=1S/C13H14BrFN4O/c1-7(10-5-9(15)2-3-11(10)19-17)20-12-4-8(14)6-18-13(12)16/h2-7,19H,17H2,1H3,(H2,16,18). The summed E-state index contributed by atoms with van der Waals surface area (Å²) in [4.78, 5) is 3.98. The lowest BCUT2D eigenvalue weighted by atomic mass is 10.1. The van der Waals surface area contributed by atoms with Crippen molar-refractivity contribution in [2.45, 2.75) is 13.0 Å². The number of nitrogen functional groups attached to an aromatic ring is 2. The van der Waals surface area contributed by atoms with Crippen molar-refractivity contribution in [1.82, 2.24) is 4.98 Å². The molecular weight excluding hydrogens is 327 g/mol. The Morgan fingerprint density at radius 1 is 1.40 bits per heavy atom. The van der Waals surface area contributed by atoms with E-state index in [-0.39, 0.29) is 11.6 Å². The summed E-state index contributed by atoms with van der Waals surface area (Å²) in [7, 11) is 0. The fourth-order valence-electron chi connectivity index (χ4n) is 1.78. The third-order valence-corrected chi connectivity index (χ3v) is 3.19. The van der Waals surface area contributed by atoms with E-state index >= 15 is 0 Å². The zero-order valence-electron chi connectivity index (χ0n) is 10.7. The van der Waals surface area contributed by atoms with Crippen LogP contribution in [-0.2, 0) is 0 Å². The molecule has 1 unspecified atom stereocenters. The number of benzene rings is 1. The van der Waals surface area contributed by atoms with E-state index in [4.69, 9.17) is 16.3 Å². The molecule has 2 aromatic rings. The molecule has 0 bridgehead atoms. The van der Waals surface area contributed by atoms with Gasteiger partial charge < -0.3 is 15.9 Å². The van der Waals surface area contributed by atoms with Crippen LogP contribution in [0.15, 0.2) is 34.9 Å². The van der Waals surface area contributed by atoms with Crippen LogP contribution in [0.25, 0.3) is 0 Å². The highest BCUT2D eigenvalue weighted by Crippen LogP contribution is 2.31. The van der Waals surface area contributed by atoms with Crippen molar-refractivity contribution in [3.63, 3.8) is 0 Å². The highest BCUT2D eigenvalue weighted by molar-refractivity contribution is 9.10. The normalized spacial score (nSPS) is 12.0. The van der Waals surface area contributed by atoms with Gasteiger partial charge in [-0.2, -0.15) is 0 Å². The van der Waals surface area contributed by atoms with Gasteiger partial charge in [0, 0.05) is 16.2 Å². The van der Waals surface area contributed by atoms with Gasteiger partial charge in [0.2, 0.25) is 0 Å². The summed E-state index contributed by atoms with van der Waals surface area (Å²) in [5.74, 6) is 5.73. The molecule has 5 nitrogen and oxygen atoms in total. The van der Waals surface area contributed by atoms with Gasteiger partial charge in [0.1, 0.15) is 11.9 Å². The van der Waals surface area contributed by atoms with Crippen LogP contribution in [0.1, 0.15) is 18.6 Å². The summed E-state index contributed by atoms with van der Waals surface area (Å²) < 4.78 is 19.8. The number of anilines is 2. The molecule has 5 N–H and O–H groups in total. The van der Waals surface area contributed by atoms with Crippen molar-refractivity contribution in [2.75, 3.05) is 11.2 Å². The van der Waals surface area contributed by atoms with Crippen molar-refractivity contribution >= 4 is 27.4 Å². The molecular formula is C13H14BrFN4O. The van der Waals surface area contributed by atoms with Crippen molar-refractivity contribution in [3.8, 4) is 5.75 Å². The Hall–Kier alpha value is -1.86. The number of aromatic nitrogens is 1. The van der Waals surface area contributed by atoms with E-state index in [1.54, 1.807) is 25.3 Å². The first-order valence-electron chi connectivity index (χ1n) is 5.85. The monoisotopic (exact) mass is 340 g/mol. The van der Waals surface area contributed by atoms with Crippen LogP contribution < -0.4 is 21.7 Å². The van der Waals surface area contributed by atoms with Gasteiger partial charge in [0.25, 0.3) is 0 Å². The van der Waals surface area contributed by atoms with Crippen molar-refractivity contribution in [3.05, 3.63) is 46.3 Å². The summed E-state index contributed by atoms with van der Waals surface area (Å²) in [5, 5.41) is 0. The van der Waals surface area contributed by atoms with Crippen LogP contribution in [0, 0.1) is 5.82 Å². The number of rotatable bonds is 4. The van der Waals surface area contributed by atoms with Crippen molar-refractivity contribution < 1.29 is 9.13 Å². The lowest BCUT2D eigenvalue weighted by molar-refractivity contribution is 0.227. The molecule has 2 rings (SSSR count). The van der Waals surface area contributed by atoms with E-state index in [1.165, 1.54) is 12.1 Å². The molecule has 20 heavy (non-hydrogen) atoms. The second kappa shape index (κ2) is 6.06. The summed E-state index contributed by atoms with van der Waals surface area (Å²) in [6, 6.07) is 5.93. The molecule has 1 aromatic carbocycles. The Bertz CT molecular complexity index is 623. The topological polar surface area (TPSA) is 86.2 Å². The summed E-state index contributed by atoms with van der Waals surface area (Å²) >= 11 is 3.29. The second-order valence-electron chi connectivity index (χ2n) is 4.17. The van der Waals surface area contributed by atoms with Gasteiger partial charge in [-0.3, -0.25) is 5.84 Å². The molecule has 0 fully saturated rings. The molecule has 0 spiro atoms. The number of hydrogen-bond acceptors (Lipinski definition) is 5. The highest BCUT2D eigenvalue weighted by Gasteiger charge is 2.15. The van der Waals surface area contributed by atoms with Gasteiger partial charge in [-0.15, -0.1) is 0 Å². The molecule has 0 aliphatic carbocycles. The van der Waals surface area contributed by atoms with E-state index < -0.39 is 6.10 Å². The highest BCUT2D eigenvalue weighted by atomic mass is 79.9. The number of nitrogens with zero attached hydrogens (tertiary/aromatic N) is 1. The first-order chi connectivity index (χ1) is 9.51. The first kappa shape index (κ1) is 14.5. The maximum absolute atomic E-state index is 13.4. The molecule has 0 radical (unpaired) electrons. The fraction of sp³-hybridized carbons (Fsp3) is 0.154. The lowest BCUT2D eigenvalue weighted by Crippen LogP contribution is -2.13. The summed E-state index contributed by atoms with van der Waals surface area (Å²) in [6.07, 6.45) is 1.12. The van der Waals surface area contributed by atoms with Gasteiger partial charge in [-0.05, 0) is 47.1 Å². The zero-order chi connectivity index (χ0) is 14.7. The molecule has 0 saturated heterocycles. The number of hydrogen-bond donors (Lipinski definition) is 3. The Balaban J connectivity index is 2.30. The van der Waals surface area contributed by atoms with Gasteiger partial charge in [-0.1, -0.05) is 0 Å². The molecule has 0 amide bonds. The predicted molar refractivity (Wildman–Crippen MR) is 79.6 cm³/mol. The minimum atomic E-state index is -0.449. The minimum Gasteiger partial charge on any atom is -0.482 e. The minimum absolute atomic E-state index is 0.263. The Morgan fingerprint density at radius 3 is 2.85 bits per heavy atom. The summed E-state index contributed by atoms with van der Waals surface area (Å²) in [6.45, 7) is 1.77. The van der Waals surface area contributed by atoms with Crippen molar-refractivity contribution in [1.29, 1.82) is 0 Å². The maximum atomic E-state index is 13.4. The third kappa shape index (κ3) is 3.17. The summed E-state index contributed by atoms with van der Waals surface area (Å²) in [5.41, 5.74) is 9.43.